The largest absolute Gasteiger partial charge is 0.401 e. The molecule has 0 aliphatic carbocycles. The van der Waals surface area contributed by atoms with E-state index in [2.05, 4.69) is 22.2 Å². The van der Waals surface area contributed by atoms with Crippen molar-refractivity contribution < 1.29 is 13.2 Å². The van der Waals surface area contributed by atoms with Crippen LogP contribution in [0.25, 0.3) is 0 Å². The van der Waals surface area contributed by atoms with Crippen molar-refractivity contribution in [2.75, 3.05) is 52.9 Å². The number of hydrogen-bond donors (Lipinski definition) is 1. The van der Waals surface area contributed by atoms with Crippen LogP contribution in [0.15, 0.2) is 0 Å². The Morgan fingerprint density at radius 1 is 1.00 bits per heavy atom. The van der Waals surface area contributed by atoms with Crippen LogP contribution in [0.5, 0.6) is 0 Å². The summed E-state index contributed by atoms with van der Waals surface area (Å²) in [5.74, 6) is 0. The van der Waals surface area contributed by atoms with E-state index in [1.165, 1.54) is 0 Å². The second kappa shape index (κ2) is 7.96. The van der Waals surface area contributed by atoms with Gasteiger partial charge in [-0.3, -0.25) is 0 Å². The summed E-state index contributed by atoms with van der Waals surface area (Å²) >= 11 is 0. The molecule has 1 fully saturated rings. The average Bonchev–Trinajstić information content (AvgIpc) is 2.29. The highest BCUT2D eigenvalue weighted by Crippen LogP contribution is 2.12. The van der Waals surface area contributed by atoms with Crippen LogP contribution < -0.4 is 5.32 Å². The quantitative estimate of drug-likeness (QED) is 0.706. The Morgan fingerprint density at radius 2 is 1.67 bits per heavy atom. The number of halogens is 3. The molecule has 0 radical (unpaired) electrons. The molecule has 6 heteroatoms. The number of likely N-dealkylation sites (N-methyl/N-ethyl adjacent to an activating group) is 1. The van der Waals surface area contributed by atoms with Gasteiger partial charge >= 0.3 is 6.18 Å². The molecule has 0 aromatic rings. The predicted molar refractivity (Wildman–Crippen MR) is 66.7 cm³/mol. The van der Waals surface area contributed by atoms with Crippen molar-refractivity contribution in [3.8, 4) is 0 Å². The summed E-state index contributed by atoms with van der Waals surface area (Å²) in [5, 5.41) is 2.42. The number of piperazine rings is 1. The molecule has 1 rings (SSSR count). The van der Waals surface area contributed by atoms with E-state index in [1.807, 2.05) is 0 Å². The van der Waals surface area contributed by atoms with Gasteiger partial charge in [0.1, 0.15) is 0 Å². The molecule has 1 saturated heterocycles. The molecule has 0 aromatic carbocycles. The molecule has 1 N–H and O–H groups in total. The first-order chi connectivity index (χ1) is 8.47. The molecule has 0 amide bonds. The van der Waals surface area contributed by atoms with Crippen molar-refractivity contribution in [1.82, 2.24) is 15.1 Å². The summed E-state index contributed by atoms with van der Waals surface area (Å²) < 4.78 is 35.5. The van der Waals surface area contributed by atoms with E-state index in [4.69, 9.17) is 0 Å². The Hall–Kier alpha value is -0.330. The van der Waals surface area contributed by atoms with Crippen LogP contribution in [0.3, 0.4) is 0 Å². The Bertz CT molecular complexity index is 213. The van der Waals surface area contributed by atoms with Gasteiger partial charge in [-0.2, -0.15) is 13.2 Å². The van der Waals surface area contributed by atoms with Gasteiger partial charge in [-0.1, -0.05) is 6.42 Å². The summed E-state index contributed by atoms with van der Waals surface area (Å²) in [7, 11) is 2.13. The highest BCUT2D eigenvalue weighted by atomic mass is 19.4. The molecular formula is C12H24F3N3. The zero-order valence-electron chi connectivity index (χ0n) is 11.1. The fraction of sp³-hybridized carbons (Fsp3) is 1.00. The van der Waals surface area contributed by atoms with Crippen molar-refractivity contribution in [2.24, 2.45) is 0 Å². The lowest BCUT2D eigenvalue weighted by Gasteiger charge is -2.32. The maximum atomic E-state index is 11.8. The summed E-state index contributed by atoms with van der Waals surface area (Å²) in [5.41, 5.74) is 0. The molecule has 0 atom stereocenters. The minimum absolute atomic E-state index is 0.461. The van der Waals surface area contributed by atoms with Crippen molar-refractivity contribution in [3.05, 3.63) is 0 Å². The van der Waals surface area contributed by atoms with Crippen molar-refractivity contribution >= 4 is 0 Å². The number of hydrogen-bond acceptors (Lipinski definition) is 3. The third-order valence-corrected chi connectivity index (χ3v) is 3.25. The number of nitrogens with one attached hydrogen (secondary N) is 1. The number of rotatable bonds is 7. The number of nitrogens with zero attached hydrogens (tertiary/aromatic N) is 2. The van der Waals surface area contributed by atoms with Crippen LogP contribution in [-0.4, -0.2) is 68.8 Å². The smallest absolute Gasteiger partial charge is 0.309 e. The molecular weight excluding hydrogens is 243 g/mol. The van der Waals surface area contributed by atoms with Crippen molar-refractivity contribution in [3.63, 3.8) is 0 Å². The first-order valence-corrected chi connectivity index (χ1v) is 6.66. The second-order valence-corrected chi connectivity index (χ2v) is 5.00. The molecule has 0 unspecified atom stereocenters. The Kier molecular flexibility index (Phi) is 6.96. The Balaban J connectivity index is 1.87. The molecule has 0 aromatic heterocycles. The first kappa shape index (κ1) is 15.7. The lowest BCUT2D eigenvalue weighted by atomic mass is 10.2. The van der Waals surface area contributed by atoms with Crippen LogP contribution in [0.4, 0.5) is 13.2 Å². The first-order valence-electron chi connectivity index (χ1n) is 6.66. The third kappa shape index (κ3) is 7.89. The van der Waals surface area contributed by atoms with Crippen LogP contribution in [-0.2, 0) is 0 Å². The minimum Gasteiger partial charge on any atom is -0.309 e. The number of unbranched alkanes of at least 4 members (excludes halogenated alkanes) is 2. The molecule has 3 nitrogen and oxygen atoms in total. The molecule has 1 heterocycles. The zero-order valence-corrected chi connectivity index (χ0v) is 11.1. The van der Waals surface area contributed by atoms with Crippen molar-refractivity contribution in [2.45, 2.75) is 25.4 Å². The van der Waals surface area contributed by atoms with Gasteiger partial charge in [0.25, 0.3) is 0 Å². The summed E-state index contributed by atoms with van der Waals surface area (Å²) in [4.78, 5) is 4.75. The molecule has 0 spiro atoms. The van der Waals surface area contributed by atoms with Gasteiger partial charge < -0.3 is 15.1 Å². The topological polar surface area (TPSA) is 18.5 Å². The normalized spacial score (nSPS) is 19.3. The summed E-state index contributed by atoms with van der Waals surface area (Å²) in [6, 6.07) is 0. The lowest BCUT2D eigenvalue weighted by molar-refractivity contribution is -0.124. The molecule has 0 bridgehead atoms. The highest BCUT2D eigenvalue weighted by Gasteiger charge is 2.25. The fourth-order valence-electron chi connectivity index (χ4n) is 2.06. The highest BCUT2D eigenvalue weighted by molar-refractivity contribution is 4.69. The van der Waals surface area contributed by atoms with E-state index >= 15 is 0 Å². The zero-order chi connectivity index (χ0) is 13.4. The van der Waals surface area contributed by atoms with Gasteiger partial charge in [-0.25, -0.2) is 0 Å². The van der Waals surface area contributed by atoms with E-state index in [0.717, 1.165) is 52.0 Å². The Labute approximate surface area is 107 Å². The fourth-order valence-corrected chi connectivity index (χ4v) is 2.06. The van der Waals surface area contributed by atoms with E-state index in [9.17, 15) is 13.2 Å². The molecule has 0 saturated carbocycles. The van der Waals surface area contributed by atoms with Gasteiger partial charge in [0.05, 0.1) is 6.54 Å². The van der Waals surface area contributed by atoms with Gasteiger partial charge in [-0.15, -0.1) is 0 Å². The van der Waals surface area contributed by atoms with Gasteiger partial charge in [0.2, 0.25) is 0 Å². The van der Waals surface area contributed by atoms with Crippen LogP contribution in [0.2, 0.25) is 0 Å². The summed E-state index contributed by atoms with van der Waals surface area (Å²) in [6.07, 6.45) is -1.18. The van der Waals surface area contributed by atoms with E-state index in [0.29, 0.717) is 6.54 Å². The second-order valence-electron chi connectivity index (χ2n) is 5.00. The Morgan fingerprint density at radius 3 is 2.28 bits per heavy atom. The maximum absolute atomic E-state index is 11.8. The van der Waals surface area contributed by atoms with Gasteiger partial charge in [-0.05, 0) is 33.0 Å². The monoisotopic (exact) mass is 267 g/mol. The number of alkyl halides is 3. The van der Waals surface area contributed by atoms with E-state index in [1.54, 1.807) is 0 Å². The standard InChI is InChI=1S/C12H24F3N3/c1-17-7-9-18(10-8-17)6-4-2-3-5-16-11-12(13,14)15/h16H,2-11H2,1H3. The minimum atomic E-state index is -4.08. The third-order valence-electron chi connectivity index (χ3n) is 3.25. The van der Waals surface area contributed by atoms with Gasteiger partial charge in [0.15, 0.2) is 0 Å². The predicted octanol–water partition coefficient (Wildman–Crippen LogP) is 1.56. The lowest BCUT2D eigenvalue weighted by Crippen LogP contribution is -2.44. The molecule has 18 heavy (non-hydrogen) atoms. The molecule has 1 aliphatic rings. The van der Waals surface area contributed by atoms with Crippen LogP contribution in [0.1, 0.15) is 19.3 Å². The van der Waals surface area contributed by atoms with Crippen molar-refractivity contribution in [1.29, 1.82) is 0 Å². The van der Waals surface area contributed by atoms with Crippen LogP contribution in [0, 0.1) is 0 Å². The van der Waals surface area contributed by atoms with E-state index in [-0.39, 0.29) is 0 Å². The SMILES string of the molecule is CN1CCN(CCCCCNCC(F)(F)F)CC1. The molecule has 1 aliphatic heterocycles. The maximum Gasteiger partial charge on any atom is 0.401 e. The molecule has 108 valence electrons. The van der Waals surface area contributed by atoms with Crippen LogP contribution >= 0.6 is 0 Å². The van der Waals surface area contributed by atoms with Gasteiger partial charge in [0, 0.05) is 26.2 Å². The average molecular weight is 267 g/mol. The summed E-state index contributed by atoms with van der Waals surface area (Å²) in [6.45, 7) is 5.13. The van der Waals surface area contributed by atoms with E-state index < -0.39 is 12.7 Å².